The molecule has 21 nitrogen and oxygen atoms in total. The second-order valence-corrected chi connectivity index (χ2v) is 25.2. The van der Waals surface area contributed by atoms with E-state index >= 15 is 4.79 Å². The third kappa shape index (κ3) is 17.0. The third-order valence-electron chi connectivity index (χ3n) is 18.8. The molecule has 7 atom stereocenters. The summed E-state index contributed by atoms with van der Waals surface area (Å²) in [5.74, 6) is -5.28. The fourth-order valence-corrected chi connectivity index (χ4v) is 12.0. The molecule has 0 unspecified atom stereocenters. The highest BCUT2D eigenvalue weighted by molar-refractivity contribution is 5.94. The number of benzene rings is 3. The van der Waals surface area contributed by atoms with Gasteiger partial charge in [0, 0.05) is 65.1 Å². The van der Waals surface area contributed by atoms with Gasteiger partial charge in [0.1, 0.15) is 30.3 Å². The number of esters is 5. The fraction of sp³-hybridized carbons (Fsp3) is 0.612. The molecule has 2 saturated heterocycles. The highest BCUT2D eigenvalue weighted by Crippen LogP contribution is 2.56. The maximum absolute atomic E-state index is 15.0. The van der Waals surface area contributed by atoms with E-state index in [9.17, 15) is 33.6 Å². The largest absolute Gasteiger partial charge is 0.458 e. The third-order valence-corrected chi connectivity index (χ3v) is 18.8. The topological polar surface area (TPSA) is 229 Å². The first-order valence-electron chi connectivity index (χ1n) is 31.7. The number of hydrogen-bond donors (Lipinski definition) is 1. The van der Waals surface area contributed by atoms with Crippen LogP contribution in [0.3, 0.4) is 0 Å². The average Bonchev–Trinajstić information content (AvgIpc) is 3.50. The van der Waals surface area contributed by atoms with E-state index < -0.39 is 89.7 Å². The second kappa shape index (κ2) is 29.5. The molecule has 88 heavy (non-hydrogen) atoms. The number of nitrogens with one attached hydrogen (secondary N) is 1. The molecule has 4 aliphatic carbocycles. The van der Waals surface area contributed by atoms with Gasteiger partial charge in [-0.15, -0.1) is 0 Å². The summed E-state index contributed by atoms with van der Waals surface area (Å²) in [6.45, 7) is 10.2. The van der Waals surface area contributed by atoms with Gasteiger partial charge >= 0.3 is 35.9 Å². The van der Waals surface area contributed by atoms with Crippen LogP contribution in [0.2, 0.25) is 0 Å². The van der Waals surface area contributed by atoms with E-state index in [1.165, 1.54) is 44.8 Å². The average molecular weight is 1220 g/mol. The molecule has 3 amide bonds. The van der Waals surface area contributed by atoms with Crippen molar-refractivity contribution in [3.05, 3.63) is 95.6 Å². The first-order chi connectivity index (χ1) is 42.3. The molecule has 0 spiro atoms. The Bertz CT molecular complexity index is 2900. The van der Waals surface area contributed by atoms with Crippen LogP contribution in [-0.4, -0.2) is 180 Å². The summed E-state index contributed by atoms with van der Waals surface area (Å²) in [4.78, 5) is 123. The first-order valence-corrected chi connectivity index (χ1v) is 31.7. The maximum atomic E-state index is 15.0. The molecule has 0 radical (unpaired) electrons. The summed E-state index contributed by atoms with van der Waals surface area (Å²) in [6, 6.07) is 20.8. The van der Waals surface area contributed by atoms with Crippen LogP contribution in [0.1, 0.15) is 121 Å². The lowest BCUT2D eigenvalue weighted by Gasteiger charge is -2.36. The smallest absolute Gasteiger partial charge is 0.418 e. The predicted molar refractivity (Wildman–Crippen MR) is 325 cm³/mol. The minimum Gasteiger partial charge on any atom is -0.458 e. The van der Waals surface area contributed by atoms with Crippen molar-refractivity contribution in [1.29, 1.82) is 0 Å². The molecule has 1 N–H and O–H groups in total. The van der Waals surface area contributed by atoms with Gasteiger partial charge < -0.3 is 58.1 Å². The van der Waals surface area contributed by atoms with E-state index in [0.29, 0.717) is 57.1 Å². The number of amides is 3. The highest BCUT2D eigenvalue weighted by Gasteiger charge is 2.53. The molecule has 2 aliphatic heterocycles. The van der Waals surface area contributed by atoms with Crippen LogP contribution in [0.25, 0.3) is 0 Å². The summed E-state index contributed by atoms with van der Waals surface area (Å²) in [5.41, 5.74) is 2.48. The van der Waals surface area contributed by atoms with Crippen LogP contribution in [0.15, 0.2) is 78.9 Å². The van der Waals surface area contributed by atoms with Crippen LogP contribution >= 0.6 is 0 Å². The van der Waals surface area contributed by atoms with Crippen LogP contribution in [0.4, 0.5) is 16.2 Å². The SMILES string of the molecule is CCC1(C[C@@](NC)(C(=O)OC(=O)N(C)[C@@H](CC2CC2)C(=O)O[C@H](C)C(=O)N(C)[C@@H](CC2CC2)C(=O)O[C@H](Cc2ccc(N3CCOCC3)cc2)C(=O)N(C)[C@@H](CC2CC2)C(=O)O[C@H](C)C(=O)OCc2ccccc2)c2ccc(N3CCOCC3)cc2)CC1. The van der Waals surface area contributed by atoms with E-state index in [4.69, 9.17) is 33.2 Å². The van der Waals surface area contributed by atoms with Crippen molar-refractivity contribution in [2.75, 3.05) is 90.6 Å². The van der Waals surface area contributed by atoms with Crippen molar-refractivity contribution >= 4 is 59.1 Å². The number of likely N-dealkylation sites (N-methyl/N-ethyl adjacent to an activating group) is 4. The number of carbonyl (C=O) groups excluding carboxylic acids is 8. The Morgan fingerprint density at radius 2 is 1.06 bits per heavy atom. The number of nitrogens with zero attached hydrogens (tertiary/aromatic N) is 5. The lowest BCUT2D eigenvalue weighted by atomic mass is 9.78. The van der Waals surface area contributed by atoms with Gasteiger partial charge in [0.15, 0.2) is 18.3 Å². The molecule has 4 saturated carbocycles. The Morgan fingerprint density at radius 3 is 1.53 bits per heavy atom. The van der Waals surface area contributed by atoms with Crippen LogP contribution in [0, 0.1) is 23.2 Å². The molecule has 9 rings (SSSR count). The molecule has 478 valence electrons. The van der Waals surface area contributed by atoms with Crippen molar-refractivity contribution in [2.24, 2.45) is 23.2 Å². The summed E-state index contributed by atoms with van der Waals surface area (Å²) in [6.07, 6.45) is 3.22. The van der Waals surface area contributed by atoms with Crippen LogP contribution in [-0.2, 0) is 85.3 Å². The number of ether oxygens (including phenoxy) is 7. The second-order valence-electron chi connectivity index (χ2n) is 25.2. The Balaban J connectivity index is 0.887. The van der Waals surface area contributed by atoms with E-state index in [2.05, 4.69) is 22.0 Å². The van der Waals surface area contributed by atoms with Gasteiger partial charge in [0.25, 0.3) is 11.8 Å². The van der Waals surface area contributed by atoms with Gasteiger partial charge in [0.2, 0.25) is 0 Å². The van der Waals surface area contributed by atoms with E-state index in [1.807, 2.05) is 66.7 Å². The Hall–Kier alpha value is -7.10. The summed E-state index contributed by atoms with van der Waals surface area (Å²) >= 11 is 0. The van der Waals surface area contributed by atoms with Crippen molar-refractivity contribution in [3.8, 4) is 0 Å². The standard InChI is InChI=1S/C67H90N6O15/c1-8-66(28-29-66)43-67(68-4,51-22-26-53(27-23-51)73-32-36-83-37-33-73)64(80)88-65(81)71(7)56(40-48-18-19-48)62(78)85-44(2)58(74)69(5)55(39-47-16-17-47)63(79)87-57(41-49-20-24-52(25-21-49)72-30-34-82-35-31-72)59(75)70(6)54(38-46-14-15-46)61(77)86-45(3)60(76)84-42-50-12-10-9-11-13-50/h9-13,20-27,44-48,54-57,68H,8,14-19,28-43H2,1-7H3/t44-,45-,54+,55+,56+,57-,67+/m1/s1. The Morgan fingerprint density at radius 1 is 0.591 bits per heavy atom. The first kappa shape index (κ1) is 65.3. The normalized spacial score (nSPS) is 19.9. The molecule has 3 aromatic carbocycles. The van der Waals surface area contributed by atoms with Gasteiger partial charge in [-0.1, -0.05) is 106 Å². The summed E-state index contributed by atoms with van der Waals surface area (Å²) < 4.78 is 40.2. The Labute approximate surface area is 517 Å². The predicted octanol–water partition coefficient (Wildman–Crippen LogP) is 7.13. The van der Waals surface area contributed by atoms with Crippen molar-refractivity contribution in [3.63, 3.8) is 0 Å². The van der Waals surface area contributed by atoms with Crippen LogP contribution in [0.5, 0.6) is 0 Å². The summed E-state index contributed by atoms with van der Waals surface area (Å²) in [5, 5.41) is 3.26. The molecule has 6 aliphatic rings. The molecular weight excluding hydrogens is 1130 g/mol. The molecule has 3 aromatic rings. The number of anilines is 2. The quantitative estimate of drug-likeness (QED) is 0.0397. The highest BCUT2D eigenvalue weighted by atomic mass is 16.6. The number of carbonyl (C=O) groups is 8. The van der Waals surface area contributed by atoms with E-state index in [0.717, 1.165) is 92.7 Å². The Kier molecular flexibility index (Phi) is 21.9. The maximum Gasteiger partial charge on any atom is 0.418 e. The van der Waals surface area contributed by atoms with E-state index in [-0.39, 0.29) is 55.5 Å². The summed E-state index contributed by atoms with van der Waals surface area (Å²) in [7, 11) is 5.94. The monoisotopic (exact) mass is 1220 g/mol. The van der Waals surface area contributed by atoms with E-state index in [1.54, 1.807) is 19.2 Å². The zero-order chi connectivity index (χ0) is 62.7. The zero-order valence-corrected chi connectivity index (χ0v) is 52.3. The molecular formula is C67H90N6O15. The fourth-order valence-electron chi connectivity index (χ4n) is 12.0. The van der Waals surface area contributed by atoms with Gasteiger partial charge in [-0.2, -0.15) is 0 Å². The van der Waals surface area contributed by atoms with Gasteiger partial charge in [-0.25, -0.2) is 28.8 Å². The number of morpholine rings is 2. The van der Waals surface area contributed by atoms with Gasteiger partial charge in [-0.05, 0) is 124 Å². The number of hydrogen-bond acceptors (Lipinski definition) is 18. The molecule has 2 heterocycles. The number of rotatable bonds is 30. The zero-order valence-electron chi connectivity index (χ0n) is 52.3. The van der Waals surface area contributed by atoms with Gasteiger partial charge in [0.05, 0.1) is 26.4 Å². The molecule has 0 bridgehead atoms. The van der Waals surface area contributed by atoms with Crippen molar-refractivity contribution in [2.45, 2.75) is 159 Å². The lowest BCUT2D eigenvalue weighted by molar-refractivity contribution is -0.175. The van der Waals surface area contributed by atoms with Gasteiger partial charge in [-0.3, -0.25) is 14.5 Å². The molecule has 21 heteroatoms. The van der Waals surface area contributed by atoms with Crippen LogP contribution < -0.4 is 15.1 Å². The minimum absolute atomic E-state index is 0.0229. The van der Waals surface area contributed by atoms with Crippen molar-refractivity contribution in [1.82, 2.24) is 20.0 Å². The lowest BCUT2D eigenvalue weighted by Crippen LogP contribution is -2.53. The minimum atomic E-state index is -1.49. The van der Waals surface area contributed by atoms with Crippen molar-refractivity contribution < 1.29 is 71.5 Å². The molecule has 0 aromatic heterocycles. The molecule has 6 fully saturated rings.